The molecule has 3 heteroatoms. The zero-order valence-corrected chi connectivity index (χ0v) is 8.64. The van der Waals surface area contributed by atoms with Crippen LogP contribution >= 0.6 is 0 Å². The minimum atomic E-state index is 0.608. The molecule has 0 aliphatic carbocycles. The summed E-state index contributed by atoms with van der Waals surface area (Å²) in [5.74, 6) is 0. The first-order valence-electron chi connectivity index (χ1n) is 4.96. The van der Waals surface area contributed by atoms with E-state index in [0.717, 1.165) is 13.1 Å². The van der Waals surface area contributed by atoms with Crippen LogP contribution in [0, 0.1) is 0 Å². The Morgan fingerprint density at radius 3 is 2.50 bits per heavy atom. The van der Waals surface area contributed by atoms with Crippen molar-refractivity contribution in [2.45, 2.75) is 39.7 Å². The van der Waals surface area contributed by atoms with Gasteiger partial charge in [0.25, 0.3) is 0 Å². The van der Waals surface area contributed by atoms with E-state index >= 15 is 0 Å². The van der Waals surface area contributed by atoms with Crippen LogP contribution in [0.4, 0.5) is 0 Å². The second-order valence-corrected chi connectivity index (χ2v) is 3.15. The Bertz CT molecular complexity index is 95.8. The highest BCUT2D eigenvalue weighted by Crippen LogP contribution is 2.00. The monoisotopic (exact) mass is 173 g/mol. The first-order chi connectivity index (χ1) is 5.76. The molecule has 0 aromatic carbocycles. The fourth-order valence-electron chi connectivity index (χ4n) is 1.12. The second kappa shape index (κ2) is 7.53. The largest absolute Gasteiger partial charge is 0.329 e. The van der Waals surface area contributed by atoms with Gasteiger partial charge >= 0.3 is 0 Å². The van der Waals surface area contributed by atoms with Gasteiger partial charge in [0.2, 0.25) is 0 Å². The average molecular weight is 173 g/mol. The van der Waals surface area contributed by atoms with Gasteiger partial charge in [0.05, 0.1) is 0 Å². The van der Waals surface area contributed by atoms with E-state index in [9.17, 15) is 0 Å². The molecule has 74 valence electrons. The fourth-order valence-corrected chi connectivity index (χ4v) is 1.12. The average Bonchev–Trinajstić information content (AvgIpc) is 2.11. The Morgan fingerprint density at radius 2 is 2.08 bits per heavy atom. The summed E-state index contributed by atoms with van der Waals surface area (Å²) >= 11 is 0. The maximum absolute atomic E-state index is 5.43. The van der Waals surface area contributed by atoms with Gasteiger partial charge in [-0.2, -0.15) is 0 Å². The van der Waals surface area contributed by atoms with E-state index in [1.807, 2.05) is 0 Å². The first kappa shape index (κ1) is 11.9. The third-order valence-corrected chi connectivity index (χ3v) is 2.05. The molecule has 0 spiro atoms. The number of nitrogens with zero attached hydrogens (tertiary/aromatic N) is 1. The number of nitrogens with two attached hydrogens (primary N) is 1. The van der Waals surface area contributed by atoms with Crippen molar-refractivity contribution in [1.82, 2.24) is 10.4 Å². The van der Waals surface area contributed by atoms with Crippen LogP contribution in [0.2, 0.25) is 0 Å². The van der Waals surface area contributed by atoms with Crippen molar-refractivity contribution in [3.63, 3.8) is 0 Å². The molecule has 1 atom stereocenters. The topological polar surface area (TPSA) is 41.3 Å². The summed E-state index contributed by atoms with van der Waals surface area (Å²) in [4.78, 5) is 0. The van der Waals surface area contributed by atoms with Crippen LogP contribution in [0.25, 0.3) is 0 Å². The zero-order chi connectivity index (χ0) is 9.40. The van der Waals surface area contributed by atoms with Gasteiger partial charge in [-0.05, 0) is 19.8 Å². The lowest BCUT2D eigenvalue weighted by Gasteiger charge is -2.28. The molecule has 0 bridgehead atoms. The van der Waals surface area contributed by atoms with E-state index in [0.29, 0.717) is 12.6 Å². The van der Waals surface area contributed by atoms with Gasteiger partial charge in [-0.25, -0.2) is 5.01 Å². The molecule has 12 heavy (non-hydrogen) atoms. The molecule has 0 rings (SSSR count). The number of hydrogen-bond donors (Lipinski definition) is 2. The van der Waals surface area contributed by atoms with Crippen molar-refractivity contribution in [2.24, 2.45) is 5.73 Å². The highest BCUT2D eigenvalue weighted by Gasteiger charge is 2.08. The third-order valence-electron chi connectivity index (χ3n) is 2.05. The van der Waals surface area contributed by atoms with Gasteiger partial charge in [0.1, 0.15) is 0 Å². The molecule has 3 N–H and O–H groups in total. The Labute approximate surface area is 76.3 Å². The van der Waals surface area contributed by atoms with E-state index in [4.69, 9.17) is 5.73 Å². The molecule has 0 aromatic rings. The molecular formula is C9H23N3. The first-order valence-corrected chi connectivity index (χ1v) is 4.96. The zero-order valence-electron chi connectivity index (χ0n) is 8.64. The molecule has 0 heterocycles. The summed E-state index contributed by atoms with van der Waals surface area (Å²) in [5.41, 5.74) is 8.75. The lowest BCUT2D eigenvalue weighted by atomic mass is 10.2. The van der Waals surface area contributed by atoms with Crippen LogP contribution in [-0.4, -0.2) is 30.7 Å². The number of rotatable bonds is 7. The molecule has 0 fully saturated rings. The van der Waals surface area contributed by atoms with Gasteiger partial charge in [0, 0.05) is 25.7 Å². The van der Waals surface area contributed by atoms with Crippen LogP contribution in [0.15, 0.2) is 0 Å². The predicted octanol–water partition coefficient (Wildman–Crippen LogP) is 0.960. The highest BCUT2D eigenvalue weighted by atomic mass is 15.5. The number of nitrogens with one attached hydrogen (secondary N) is 1. The normalized spacial score (nSPS) is 13.8. The SMILES string of the molecule is CCCN(NCCN)C(C)CC. The van der Waals surface area contributed by atoms with Crippen molar-refractivity contribution in [3.8, 4) is 0 Å². The van der Waals surface area contributed by atoms with Gasteiger partial charge < -0.3 is 5.73 Å². The summed E-state index contributed by atoms with van der Waals surface area (Å²) in [6.07, 6.45) is 2.36. The molecule has 0 saturated carbocycles. The standard InChI is InChI=1S/C9H23N3/c1-4-8-12(9(3)5-2)11-7-6-10/h9,11H,4-8,10H2,1-3H3. The molecule has 0 aromatic heterocycles. The molecule has 3 nitrogen and oxygen atoms in total. The van der Waals surface area contributed by atoms with Crippen molar-refractivity contribution < 1.29 is 0 Å². The minimum absolute atomic E-state index is 0.608. The quantitative estimate of drug-likeness (QED) is 0.563. The summed E-state index contributed by atoms with van der Waals surface area (Å²) in [6.45, 7) is 9.33. The van der Waals surface area contributed by atoms with Gasteiger partial charge in [0.15, 0.2) is 0 Å². The summed E-state index contributed by atoms with van der Waals surface area (Å²) in [6, 6.07) is 0.608. The Balaban J connectivity index is 3.68. The Kier molecular flexibility index (Phi) is 7.45. The van der Waals surface area contributed by atoms with Crippen LogP contribution in [0.3, 0.4) is 0 Å². The molecular weight excluding hydrogens is 150 g/mol. The van der Waals surface area contributed by atoms with Crippen LogP contribution in [-0.2, 0) is 0 Å². The van der Waals surface area contributed by atoms with Gasteiger partial charge in [-0.15, -0.1) is 0 Å². The van der Waals surface area contributed by atoms with E-state index in [2.05, 4.69) is 31.2 Å². The molecule has 0 radical (unpaired) electrons. The van der Waals surface area contributed by atoms with Crippen molar-refractivity contribution in [2.75, 3.05) is 19.6 Å². The maximum Gasteiger partial charge on any atom is 0.0225 e. The Morgan fingerprint density at radius 1 is 1.42 bits per heavy atom. The summed E-state index contributed by atoms with van der Waals surface area (Å²) in [7, 11) is 0. The maximum atomic E-state index is 5.43. The number of hydrogen-bond acceptors (Lipinski definition) is 3. The van der Waals surface area contributed by atoms with Crippen LogP contribution < -0.4 is 11.2 Å². The molecule has 0 amide bonds. The van der Waals surface area contributed by atoms with E-state index < -0.39 is 0 Å². The molecule has 0 saturated heterocycles. The van der Waals surface area contributed by atoms with Crippen molar-refractivity contribution >= 4 is 0 Å². The smallest absolute Gasteiger partial charge is 0.0225 e. The van der Waals surface area contributed by atoms with Gasteiger partial charge in [-0.1, -0.05) is 13.8 Å². The summed E-state index contributed by atoms with van der Waals surface area (Å²) in [5, 5.41) is 2.28. The van der Waals surface area contributed by atoms with E-state index in [1.54, 1.807) is 0 Å². The molecule has 1 unspecified atom stereocenters. The third kappa shape index (κ3) is 4.70. The Hall–Kier alpha value is -0.120. The fraction of sp³-hybridized carbons (Fsp3) is 1.00. The van der Waals surface area contributed by atoms with Gasteiger partial charge in [-0.3, -0.25) is 5.43 Å². The lowest BCUT2D eigenvalue weighted by Crippen LogP contribution is -2.46. The predicted molar refractivity (Wildman–Crippen MR) is 53.8 cm³/mol. The summed E-state index contributed by atoms with van der Waals surface area (Å²) < 4.78 is 0. The van der Waals surface area contributed by atoms with Crippen molar-refractivity contribution in [3.05, 3.63) is 0 Å². The van der Waals surface area contributed by atoms with E-state index in [1.165, 1.54) is 12.8 Å². The van der Waals surface area contributed by atoms with E-state index in [-0.39, 0.29) is 0 Å². The van der Waals surface area contributed by atoms with Crippen LogP contribution in [0.1, 0.15) is 33.6 Å². The lowest BCUT2D eigenvalue weighted by molar-refractivity contribution is 0.132. The second-order valence-electron chi connectivity index (χ2n) is 3.15. The number of hydrazine groups is 1. The van der Waals surface area contributed by atoms with Crippen molar-refractivity contribution in [1.29, 1.82) is 0 Å². The molecule has 0 aliphatic rings. The molecule has 0 aliphatic heterocycles. The highest BCUT2D eigenvalue weighted by molar-refractivity contribution is 4.60. The van der Waals surface area contributed by atoms with Crippen LogP contribution in [0.5, 0.6) is 0 Å². The minimum Gasteiger partial charge on any atom is -0.329 e.